The highest BCUT2D eigenvalue weighted by atomic mass is 32.1. The van der Waals surface area contributed by atoms with Crippen molar-refractivity contribution in [3.63, 3.8) is 0 Å². The van der Waals surface area contributed by atoms with Crippen LogP contribution in [0, 0.1) is 0 Å². The summed E-state index contributed by atoms with van der Waals surface area (Å²) >= 11 is 9.49. The van der Waals surface area contributed by atoms with Crippen LogP contribution in [-0.2, 0) is 9.47 Å². The van der Waals surface area contributed by atoms with Gasteiger partial charge in [0.25, 0.3) is 10.3 Å². The Morgan fingerprint density at radius 2 is 1.45 bits per heavy atom. The average molecular weight is 193 g/mol. The minimum Gasteiger partial charge on any atom is -0.471 e. The molecule has 0 aliphatic heterocycles. The molecule has 0 spiro atoms. The van der Waals surface area contributed by atoms with Crippen LogP contribution < -0.4 is 5.32 Å². The van der Waals surface area contributed by atoms with Gasteiger partial charge in [0.2, 0.25) is 0 Å². The van der Waals surface area contributed by atoms with E-state index in [0.29, 0.717) is 13.2 Å². The molecule has 3 nitrogen and oxygen atoms in total. The molecule has 0 heterocycles. The Morgan fingerprint density at radius 3 is 1.73 bits per heavy atom. The highest BCUT2D eigenvalue weighted by molar-refractivity contribution is 7.81. The topological polar surface area (TPSA) is 30.5 Å². The van der Waals surface area contributed by atoms with Gasteiger partial charge in [0.15, 0.2) is 0 Å². The summed E-state index contributed by atoms with van der Waals surface area (Å²) in [4.78, 5) is 0. The lowest BCUT2D eigenvalue weighted by atomic mass is 10.8. The van der Waals surface area contributed by atoms with Gasteiger partial charge >= 0.3 is 0 Å². The lowest BCUT2D eigenvalue weighted by Crippen LogP contribution is -2.31. The predicted molar refractivity (Wildman–Crippen MR) is 51.6 cm³/mol. The number of hydrogen-bond acceptors (Lipinski definition) is 4. The number of hydrogen-bond donors (Lipinski definition) is 1. The summed E-state index contributed by atoms with van der Waals surface area (Å²) < 4.78 is 9.82. The van der Waals surface area contributed by atoms with E-state index in [9.17, 15) is 0 Å². The Hall–Kier alpha value is -0.420. The van der Waals surface area contributed by atoms with E-state index < -0.39 is 0 Å². The van der Waals surface area contributed by atoms with E-state index >= 15 is 0 Å². The Kier molecular flexibility index (Phi) is 6.06. The largest absolute Gasteiger partial charge is 0.471 e. The van der Waals surface area contributed by atoms with Crippen molar-refractivity contribution in [3.8, 4) is 0 Å². The molecule has 0 unspecified atom stereocenters. The number of thiocarbonyl (C=S) groups is 2. The van der Waals surface area contributed by atoms with Gasteiger partial charge in [-0.3, -0.25) is 5.32 Å². The molecule has 0 atom stereocenters. The third kappa shape index (κ3) is 6.00. The summed E-state index contributed by atoms with van der Waals surface area (Å²) in [5.74, 6) is 0. The molecule has 0 aliphatic carbocycles. The monoisotopic (exact) mass is 193 g/mol. The maximum absolute atomic E-state index is 4.91. The van der Waals surface area contributed by atoms with Crippen LogP contribution in [0.3, 0.4) is 0 Å². The second-order valence-electron chi connectivity index (χ2n) is 1.57. The van der Waals surface area contributed by atoms with Crippen LogP contribution in [0.15, 0.2) is 0 Å². The van der Waals surface area contributed by atoms with E-state index in [1.54, 1.807) is 0 Å². The van der Waals surface area contributed by atoms with Gasteiger partial charge in [-0.1, -0.05) is 0 Å². The molecular weight excluding hydrogens is 182 g/mol. The molecule has 0 radical (unpaired) electrons. The van der Waals surface area contributed by atoms with Gasteiger partial charge in [0, 0.05) is 0 Å². The molecule has 0 saturated heterocycles. The van der Waals surface area contributed by atoms with E-state index in [-0.39, 0.29) is 10.3 Å². The van der Waals surface area contributed by atoms with Gasteiger partial charge in [-0.15, -0.1) is 0 Å². The first-order valence-corrected chi connectivity index (χ1v) is 4.12. The second kappa shape index (κ2) is 6.30. The van der Waals surface area contributed by atoms with E-state index in [2.05, 4.69) is 5.32 Å². The second-order valence-corrected chi connectivity index (χ2v) is 2.31. The number of nitrogens with one attached hydrogen (secondary N) is 1. The van der Waals surface area contributed by atoms with Crippen LogP contribution in [0.5, 0.6) is 0 Å². The van der Waals surface area contributed by atoms with Gasteiger partial charge in [0.05, 0.1) is 13.2 Å². The fraction of sp³-hybridized carbons (Fsp3) is 0.667. The Balaban J connectivity index is 3.49. The zero-order valence-electron chi connectivity index (χ0n) is 6.55. The predicted octanol–water partition coefficient (Wildman–Crippen LogP) is 1.22. The van der Waals surface area contributed by atoms with Crippen LogP contribution in [0.4, 0.5) is 0 Å². The summed E-state index contributed by atoms with van der Waals surface area (Å²) in [5, 5.41) is 3.11. The average Bonchev–Trinajstić information content (AvgIpc) is 1.87. The van der Waals surface area contributed by atoms with Crippen LogP contribution in [0.25, 0.3) is 0 Å². The molecule has 0 rings (SSSR count). The third-order valence-electron chi connectivity index (χ3n) is 0.755. The Morgan fingerprint density at radius 1 is 1.09 bits per heavy atom. The van der Waals surface area contributed by atoms with Gasteiger partial charge in [0.1, 0.15) is 0 Å². The first kappa shape index (κ1) is 10.6. The van der Waals surface area contributed by atoms with Crippen LogP contribution in [-0.4, -0.2) is 23.6 Å². The molecular formula is C6H11NO2S2. The molecule has 1 N–H and O–H groups in total. The quantitative estimate of drug-likeness (QED) is 0.666. The van der Waals surface area contributed by atoms with Crippen molar-refractivity contribution in [1.29, 1.82) is 0 Å². The van der Waals surface area contributed by atoms with Crippen molar-refractivity contribution >= 4 is 34.8 Å². The maximum Gasteiger partial charge on any atom is 0.264 e. The van der Waals surface area contributed by atoms with Crippen LogP contribution in [0.1, 0.15) is 13.8 Å². The lowest BCUT2D eigenvalue weighted by molar-refractivity contribution is 0.304. The summed E-state index contributed by atoms with van der Waals surface area (Å²) in [6, 6.07) is 0. The van der Waals surface area contributed by atoms with Crippen molar-refractivity contribution in [3.05, 3.63) is 0 Å². The third-order valence-corrected chi connectivity index (χ3v) is 1.19. The molecule has 0 amide bonds. The van der Waals surface area contributed by atoms with Crippen molar-refractivity contribution in [2.45, 2.75) is 13.8 Å². The van der Waals surface area contributed by atoms with Crippen molar-refractivity contribution in [1.82, 2.24) is 5.32 Å². The first-order chi connectivity index (χ1) is 5.20. The lowest BCUT2D eigenvalue weighted by Gasteiger charge is -2.08. The molecule has 0 bridgehead atoms. The van der Waals surface area contributed by atoms with Crippen LogP contribution >= 0.6 is 24.4 Å². The summed E-state index contributed by atoms with van der Waals surface area (Å²) in [6.45, 7) is 4.75. The summed E-state index contributed by atoms with van der Waals surface area (Å²) in [5.41, 5.74) is 0. The first-order valence-electron chi connectivity index (χ1n) is 3.31. The fourth-order valence-corrected chi connectivity index (χ4v) is 0.903. The molecule has 0 aliphatic rings. The van der Waals surface area contributed by atoms with E-state index in [1.807, 2.05) is 13.8 Å². The van der Waals surface area contributed by atoms with Crippen LogP contribution in [0.2, 0.25) is 0 Å². The normalized spacial score (nSPS) is 8.55. The van der Waals surface area contributed by atoms with Gasteiger partial charge in [-0.05, 0) is 38.3 Å². The molecule has 0 aromatic rings. The summed E-state index contributed by atoms with van der Waals surface area (Å²) in [7, 11) is 0. The Labute approximate surface area is 77.1 Å². The van der Waals surface area contributed by atoms with Crippen molar-refractivity contribution in [2.75, 3.05) is 13.2 Å². The zero-order valence-corrected chi connectivity index (χ0v) is 8.18. The smallest absolute Gasteiger partial charge is 0.264 e. The fourth-order valence-electron chi connectivity index (χ4n) is 0.418. The minimum atomic E-state index is 0.256. The minimum absolute atomic E-state index is 0.256. The van der Waals surface area contributed by atoms with Gasteiger partial charge in [-0.2, -0.15) is 0 Å². The van der Waals surface area contributed by atoms with Crippen molar-refractivity contribution in [2.24, 2.45) is 0 Å². The molecule has 0 aromatic heterocycles. The number of rotatable bonds is 2. The van der Waals surface area contributed by atoms with Gasteiger partial charge < -0.3 is 9.47 Å². The molecule has 0 saturated carbocycles. The highest BCUT2D eigenvalue weighted by Crippen LogP contribution is 1.81. The van der Waals surface area contributed by atoms with E-state index in [0.717, 1.165) is 0 Å². The summed E-state index contributed by atoms with van der Waals surface area (Å²) in [6.07, 6.45) is 0. The molecule has 0 fully saturated rings. The zero-order chi connectivity index (χ0) is 8.69. The molecule has 11 heavy (non-hydrogen) atoms. The highest BCUT2D eigenvalue weighted by Gasteiger charge is 1.98. The SMILES string of the molecule is CCOC(=S)NC(=S)OCC. The van der Waals surface area contributed by atoms with E-state index in [4.69, 9.17) is 33.9 Å². The Bertz CT molecular complexity index is 134. The van der Waals surface area contributed by atoms with Crippen molar-refractivity contribution < 1.29 is 9.47 Å². The molecule has 0 aromatic carbocycles. The standard InChI is InChI=1S/C6H11NO2S2/c1-3-8-5(10)7-6(11)9-4-2/h3-4H2,1-2H3,(H,7,10,11). The van der Waals surface area contributed by atoms with Gasteiger partial charge in [-0.25, -0.2) is 0 Å². The molecule has 5 heteroatoms. The molecule has 64 valence electrons. The van der Waals surface area contributed by atoms with E-state index in [1.165, 1.54) is 0 Å². The maximum atomic E-state index is 4.91. The number of ether oxygens (including phenoxy) is 2.